The molecule has 0 aliphatic rings. The van der Waals surface area contributed by atoms with Crippen molar-refractivity contribution in [2.24, 2.45) is 0 Å². The van der Waals surface area contributed by atoms with Gasteiger partial charge in [0.15, 0.2) is 0 Å². The zero-order valence-corrected chi connectivity index (χ0v) is 14.8. The number of phosphoric ester groups is 1. The first-order valence-electron chi connectivity index (χ1n) is 8.47. The van der Waals surface area contributed by atoms with E-state index in [9.17, 15) is 4.57 Å². The number of hydrogen-bond donors (Lipinski definition) is 2. The first kappa shape index (κ1) is 20.2. The molecular formula is C17H29O5P. The molecule has 0 heterocycles. The lowest BCUT2D eigenvalue weighted by Gasteiger charge is -2.19. The van der Waals surface area contributed by atoms with Gasteiger partial charge in [-0.15, -0.1) is 0 Å². The van der Waals surface area contributed by atoms with Crippen LogP contribution in [0.25, 0.3) is 0 Å². The van der Waals surface area contributed by atoms with E-state index in [1.807, 2.05) is 6.07 Å². The summed E-state index contributed by atoms with van der Waals surface area (Å²) in [5.74, 6) is 0.547. The Morgan fingerprint density at radius 1 is 0.957 bits per heavy atom. The summed E-state index contributed by atoms with van der Waals surface area (Å²) in [5.41, 5.74) is 0. The van der Waals surface area contributed by atoms with Crippen molar-refractivity contribution in [3.05, 3.63) is 30.3 Å². The Kier molecular flexibility index (Phi) is 10.2. The number of para-hydroxylation sites is 1. The maximum atomic E-state index is 11.1. The highest BCUT2D eigenvalue weighted by Crippen LogP contribution is 2.39. The smallest absolute Gasteiger partial charge is 0.464 e. The van der Waals surface area contributed by atoms with E-state index in [-0.39, 0.29) is 0 Å². The van der Waals surface area contributed by atoms with Gasteiger partial charge in [0.05, 0.1) is 0 Å². The monoisotopic (exact) mass is 344 g/mol. The molecule has 0 saturated heterocycles. The van der Waals surface area contributed by atoms with Crippen molar-refractivity contribution in [3.8, 4) is 5.75 Å². The third kappa shape index (κ3) is 11.3. The Morgan fingerprint density at radius 2 is 1.52 bits per heavy atom. The number of rotatable bonds is 13. The predicted molar refractivity (Wildman–Crippen MR) is 91.2 cm³/mol. The largest absolute Gasteiger partial charge is 0.472 e. The minimum Gasteiger partial charge on any atom is -0.464 e. The average molecular weight is 344 g/mol. The van der Waals surface area contributed by atoms with Gasteiger partial charge in [-0.3, -0.25) is 0 Å². The van der Waals surface area contributed by atoms with Crippen LogP contribution < -0.4 is 4.74 Å². The first-order chi connectivity index (χ1) is 11.0. The van der Waals surface area contributed by atoms with Crippen LogP contribution in [0.15, 0.2) is 30.3 Å². The lowest BCUT2D eigenvalue weighted by Crippen LogP contribution is -2.19. The van der Waals surface area contributed by atoms with E-state index in [0.717, 1.165) is 19.3 Å². The summed E-state index contributed by atoms with van der Waals surface area (Å²) < 4.78 is 21.3. The Labute approximate surface area is 139 Å². The van der Waals surface area contributed by atoms with Gasteiger partial charge in [0.1, 0.15) is 5.75 Å². The molecule has 0 radical (unpaired) electrons. The summed E-state index contributed by atoms with van der Waals surface area (Å²) in [4.78, 5) is 18.0. The normalized spacial score (nSPS) is 13.0. The quantitative estimate of drug-likeness (QED) is 0.298. The zero-order chi connectivity index (χ0) is 17.0. The third-order valence-electron chi connectivity index (χ3n) is 3.56. The Hall–Kier alpha value is -0.870. The second-order valence-electron chi connectivity index (χ2n) is 5.72. The van der Waals surface area contributed by atoms with Crippen LogP contribution in [0.3, 0.4) is 0 Å². The molecule has 0 aliphatic heterocycles. The molecule has 0 spiro atoms. The van der Waals surface area contributed by atoms with E-state index in [0.29, 0.717) is 12.2 Å². The van der Waals surface area contributed by atoms with Gasteiger partial charge in [0, 0.05) is 6.42 Å². The fraction of sp³-hybridized carbons (Fsp3) is 0.647. The molecule has 0 amide bonds. The number of benzene rings is 1. The van der Waals surface area contributed by atoms with Crippen LogP contribution in [0.4, 0.5) is 0 Å². The number of unbranched alkanes of at least 4 members (excludes halogenated alkanes) is 7. The van der Waals surface area contributed by atoms with Crippen LogP contribution in [-0.2, 0) is 9.09 Å². The van der Waals surface area contributed by atoms with Crippen molar-refractivity contribution in [2.45, 2.75) is 71.0 Å². The van der Waals surface area contributed by atoms with Gasteiger partial charge in [-0.25, -0.2) is 9.09 Å². The van der Waals surface area contributed by atoms with Crippen LogP contribution in [-0.4, -0.2) is 16.1 Å². The van der Waals surface area contributed by atoms with Gasteiger partial charge < -0.3 is 14.5 Å². The van der Waals surface area contributed by atoms with Crippen LogP contribution in [0.1, 0.15) is 64.7 Å². The second kappa shape index (κ2) is 11.6. The van der Waals surface area contributed by atoms with Crippen molar-refractivity contribution in [1.82, 2.24) is 0 Å². The molecule has 1 rings (SSSR count). The minimum atomic E-state index is -4.56. The molecule has 2 N–H and O–H groups in total. The number of hydrogen-bond acceptors (Lipinski definition) is 3. The van der Waals surface area contributed by atoms with Crippen molar-refractivity contribution >= 4 is 7.82 Å². The van der Waals surface area contributed by atoms with E-state index in [4.69, 9.17) is 19.0 Å². The summed E-state index contributed by atoms with van der Waals surface area (Å²) in [6, 6.07) is 8.94. The maximum Gasteiger partial charge on any atom is 0.472 e. The number of ether oxygens (including phenoxy) is 1. The minimum absolute atomic E-state index is 0.467. The molecule has 0 aliphatic carbocycles. The Bertz CT molecular complexity index is 446. The predicted octanol–water partition coefficient (Wildman–Crippen LogP) is 5.03. The number of phosphoric acid groups is 1. The molecule has 0 bridgehead atoms. The summed E-state index contributed by atoms with van der Waals surface area (Å²) >= 11 is 0. The van der Waals surface area contributed by atoms with Gasteiger partial charge in [-0.2, -0.15) is 0 Å². The first-order valence-corrected chi connectivity index (χ1v) is 10.00. The van der Waals surface area contributed by atoms with Crippen LogP contribution in [0.2, 0.25) is 0 Å². The van der Waals surface area contributed by atoms with Gasteiger partial charge >= 0.3 is 7.82 Å². The SMILES string of the molecule is CCCCCCCCCCC(Oc1ccccc1)OP(=O)(O)O. The summed E-state index contributed by atoms with van der Waals surface area (Å²) in [6.45, 7) is 2.20. The molecule has 0 fully saturated rings. The molecule has 132 valence electrons. The van der Waals surface area contributed by atoms with Gasteiger partial charge in [0.25, 0.3) is 0 Å². The standard InChI is InChI=1S/C17H29O5P/c1-2-3-4-5-6-7-8-12-15-17(22-23(18,19)20)21-16-13-10-9-11-14-16/h9-11,13-14,17H,2-8,12,15H2,1H3,(H2,18,19,20). The molecule has 0 aromatic heterocycles. The molecule has 1 aromatic rings. The molecule has 1 aromatic carbocycles. The van der Waals surface area contributed by atoms with E-state index in [1.54, 1.807) is 24.3 Å². The Balaban J connectivity index is 2.28. The fourth-order valence-electron chi connectivity index (χ4n) is 2.38. The average Bonchev–Trinajstić information content (AvgIpc) is 2.49. The summed E-state index contributed by atoms with van der Waals surface area (Å²) in [7, 11) is -4.56. The zero-order valence-electron chi connectivity index (χ0n) is 13.9. The maximum absolute atomic E-state index is 11.1. The molecule has 0 saturated carbocycles. The van der Waals surface area contributed by atoms with E-state index in [1.165, 1.54) is 32.1 Å². The highest BCUT2D eigenvalue weighted by Gasteiger charge is 2.23. The summed E-state index contributed by atoms with van der Waals surface area (Å²) in [5, 5.41) is 0. The molecule has 5 nitrogen and oxygen atoms in total. The van der Waals surface area contributed by atoms with E-state index < -0.39 is 14.1 Å². The molecule has 6 heteroatoms. The van der Waals surface area contributed by atoms with E-state index >= 15 is 0 Å². The van der Waals surface area contributed by atoms with Gasteiger partial charge in [0.2, 0.25) is 6.29 Å². The van der Waals surface area contributed by atoms with Crippen LogP contribution in [0, 0.1) is 0 Å². The van der Waals surface area contributed by atoms with Gasteiger partial charge in [-0.05, 0) is 18.6 Å². The summed E-state index contributed by atoms with van der Waals surface area (Å²) in [6.07, 6.45) is 8.83. The lowest BCUT2D eigenvalue weighted by molar-refractivity contribution is -0.0226. The van der Waals surface area contributed by atoms with Crippen LogP contribution >= 0.6 is 7.82 Å². The van der Waals surface area contributed by atoms with E-state index in [2.05, 4.69) is 6.92 Å². The molecule has 1 atom stereocenters. The van der Waals surface area contributed by atoms with Crippen molar-refractivity contribution < 1.29 is 23.6 Å². The molecule has 1 unspecified atom stereocenters. The highest BCUT2D eigenvalue weighted by molar-refractivity contribution is 7.46. The molecular weight excluding hydrogens is 315 g/mol. The van der Waals surface area contributed by atoms with Gasteiger partial charge in [-0.1, -0.05) is 70.1 Å². The lowest BCUT2D eigenvalue weighted by atomic mass is 10.1. The topological polar surface area (TPSA) is 76.0 Å². The second-order valence-corrected chi connectivity index (χ2v) is 6.91. The third-order valence-corrected chi connectivity index (χ3v) is 4.07. The van der Waals surface area contributed by atoms with Crippen molar-refractivity contribution in [1.29, 1.82) is 0 Å². The highest BCUT2D eigenvalue weighted by atomic mass is 31.2. The van der Waals surface area contributed by atoms with Crippen molar-refractivity contribution in [2.75, 3.05) is 0 Å². The van der Waals surface area contributed by atoms with Crippen LogP contribution in [0.5, 0.6) is 5.75 Å². The Morgan fingerprint density at radius 3 is 2.09 bits per heavy atom. The van der Waals surface area contributed by atoms with Crippen molar-refractivity contribution in [3.63, 3.8) is 0 Å². The fourth-order valence-corrected chi connectivity index (χ4v) is 2.84. The molecule has 23 heavy (non-hydrogen) atoms.